The van der Waals surface area contributed by atoms with Crippen LogP contribution in [0.3, 0.4) is 0 Å². The van der Waals surface area contributed by atoms with Gasteiger partial charge in [-0.3, -0.25) is 4.79 Å². The zero-order chi connectivity index (χ0) is 23.2. The topological polar surface area (TPSA) is 63.3 Å². The van der Waals surface area contributed by atoms with Crippen molar-refractivity contribution in [3.8, 4) is 17.2 Å². The number of hydrogen-bond acceptors (Lipinski definition) is 7. The predicted molar refractivity (Wildman–Crippen MR) is 126 cm³/mol. The summed E-state index contributed by atoms with van der Waals surface area (Å²) in [5, 5.41) is 7.63. The third-order valence-electron chi connectivity index (χ3n) is 5.73. The van der Waals surface area contributed by atoms with E-state index < -0.39 is 0 Å². The van der Waals surface area contributed by atoms with Crippen LogP contribution in [0.4, 0.5) is 5.69 Å². The van der Waals surface area contributed by atoms with E-state index in [2.05, 4.69) is 21.7 Å². The molecule has 172 valence electrons. The second-order valence-electron chi connectivity index (χ2n) is 9.26. The highest BCUT2D eigenvalue weighted by Crippen LogP contribution is 2.49. The van der Waals surface area contributed by atoms with Crippen molar-refractivity contribution in [1.29, 1.82) is 0 Å². The third kappa shape index (κ3) is 3.88. The van der Waals surface area contributed by atoms with Gasteiger partial charge in [-0.15, -0.1) is 0 Å². The minimum absolute atomic E-state index is 0.0107. The van der Waals surface area contributed by atoms with Crippen LogP contribution in [0.5, 0.6) is 17.2 Å². The lowest BCUT2D eigenvalue weighted by molar-refractivity contribution is -0.130. The maximum Gasteiger partial charge on any atom is 0.272 e. The van der Waals surface area contributed by atoms with E-state index in [9.17, 15) is 4.79 Å². The molecular formula is C24H31N3O4S. The number of nitrogens with one attached hydrogen (secondary N) is 1. The maximum absolute atomic E-state index is 13.5. The van der Waals surface area contributed by atoms with Crippen LogP contribution in [0.25, 0.3) is 0 Å². The highest BCUT2D eigenvalue weighted by Gasteiger charge is 2.42. The first-order chi connectivity index (χ1) is 15.1. The van der Waals surface area contributed by atoms with Crippen molar-refractivity contribution in [1.82, 2.24) is 10.2 Å². The van der Waals surface area contributed by atoms with Crippen LogP contribution in [0.1, 0.15) is 46.3 Å². The van der Waals surface area contributed by atoms with Gasteiger partial charge in [0, 0.05) is 30.3 Å². The van der Waals surface area contributed by atoms with Gasteiger partial charge in [-0.2, -0.15) is 11.3 Å². The lowest BCUT2D eigenvalue weighted by Crippen LogP contribution is -2.45. The van der Waals surface area contributed by atoms with E-state index in [0.29, 0.717) is 22.9 Å². The molecule has 0 fully saturated rings. The van der Waals surface area contributed by atoms with Gasteiger partial charge >= 0.3 is 0 Å². The molecule has 2 aliphatic heterocycles. The second kappa shape index (κ2) is 8.24. The molecule has 0 saturated carbocycles. The molecule has 1 aromatic heterocycles. The number of carbonyl (C=O) groups is 1. The highest BCUT2D eigenvalue weighted by atomic mass is 32.1. The number of benzene rings is 1. The lowest BCUT2D eigenvalue weighted by Gasteiger charge is -2.34. The molecule has 1 aromatic carbocycles. The fourth-order valence-electron chi connectivity index (χ4n) is 3.79. The van der Waals surface area contributed by atoms with Crippen LogP contribution in [0.15, 0.2) is 40.4 Å². The summed E-state index contributed by atoms with van der Waals surface area (Å²) in [6.07, 6.45) is -0.227. The first-order valence-corrected chi connectivity index (χ1v) is 11.7. The molecule has 32 heavy (non-hydrogen) atoms. The highest BCUT2D eigenvalue weighted by molar-refractivity contribution is 7.08. The number of nitrogens with zero attached hydrogens (tertiary/aromatic N) is 2. The summed E-state index contributed by atoms with van der Waals surface area (Å²) < 4.78 is 17.7. The number of likely N-dealkylation sites (N-methyl/N-ethyl adjacent to an activating group) is 1. The van der Waals surface area contributed by atoms with E-state index in [4.69, 9.17) is 14.2 Å². The Morgan fingerprint density at radius 1 is 1.31 bits per heavy atom. The van der Waals surface area contributed by atoms with Gasteiger partial charge in [-0.25, -0.2) is 0 Å². The number of fused-ring (bicyclic) bond motifs is 3. The van der Waals surface area contributed by atoms with Gasteiger partial charge in [0.05, 0.1) is 24.6 Å². The fraction of sp³-hybridized carbons (Fsp3) is 0.458. The molecule has 1 unspecified atom stereocenters. The number of thiophene rings is 1. The number of rotatable bonds is 5. The molecular weight excluding hydrogens is 426 g/mol. The van der Waals surface area contributed by atoms with Crippen molar-refractivity contribution >= 4 is 22.9 Å². The van der Waals surface area contributed by atoms with Gasteiger partial charge in [0.1, 0.15) is 24.2 Å². The minimum atomic E-state index is -0.309. The number of ether oxygens (including phenoxy) is 3. The van der Waals surface area contributed by atoms with Gasteiger partial charge < -0.3 is 29.3 Å². The summed E-state index contributed by atoms with van der Waals surface area (Å²) >= 11 is 1.63. The molecule has 7 nitrogen and oxygen atoms in total. The predicted octanol–water partition coefficient (Wildman–Crippen LogP) is 4.51. The molecule has 0 spiro atoms. The van der Waals surface area contributed by atoms with Crippen LogP contribution >= 0.6 is 11.3 Å². The average Bonchev–Trinajstić information content (AvgIpc) is 3.38. The SMILES string of the molecule is COc1cc2c(cc1OC(C)C)N1C(=C(C(=O)N(C)C(C)(C)C)NC1c1ccsc1)CO2. The van der Waals surface area contributed by atoms with Crippen LogP contribution in [-0.2, 0) is 4.79 Å². The van der Waals surface area contributed by atoms with Crippen LogP contribution in [0, 0.1) is 0 Å². The molecule has 0 saturated heterocycles. The maximum atomic E-state index is 13.5. The van der Waals surface area contributed by atoms with Gasteiger partial charge in [0.15, 0.2) is 11.5 Å². The first kappa shape index (κ1) is 22.3. The average molecular weight is 458 g/mol. The second-order valence-corrected chi connectivity index (χ2v) is 10.0. The smallest absolute Gasteiger partial charge is 0.272 e. The summed E-state index contributed by atoms with van der Waals surface area (Å²) in [6, 6.07) is 5.87. The van der Waals surface area contributed by atoms with E-state index in [0.717, 1.165) is 16.9 Å². The molecule has 4 rings (SSSR count). The van der Waals surface area contributed by atoms with Crippen LogP contribution in [-0.4, -0.2) is 43.2 Å². The van der Waals surface area contributed by atoms with Gasteiger partial charge in [0.25, 0.3) is 5.91 Å². The largest absolute Gasteiger partial charge is 0.493 e. The summed E-state index contributed by atoms with van der Waals surface area (Å²) in [4.78, 5) is 17.4. The normalized spacial score (nSPS) is 17.5. The number of hydrogen-bond donors (Lipinski definition) is 1. The Bertz CT molecular complexity index is 1040. The molecule has 1 N–H and O–H groups in total. The molecule has 2 aromatic rings. The zero-order valence-corrected chi connectivity index (χ0v) is 20.5. The van der Waals surface area contributed by atoms with Crippen molar-refractivity contribution in [3.05, 3.63) is 45.9 Å². The number of methoxy groups -OCH3 is 1. The Hall–Kier alpha value is -2.87. The summed E-state index contributed by atoms with van der Waals surface area (Å²) in [5.41, 5.74) is 3.00. The summed E-state index contributed by atoms with van der Waals surface area (Å²) in [6.45, 7) is 10.3. The molecule has 8 heteroatoms. The van der Waals surface area contributed by atoms with Crippen LogP contribution < -0.4 is 24.4 Å². The summed E-state index contributed by atoms with van der Waals surface area (Å²) in [7, 11) is 3.45. The van der Waals surface area contributed by atoms with E-state index in [1.165, 1.54) is 0 Å². The molecule has 0 aliphatic carbocycles. The molecule has 2 aliphatic rings. The molecule has 1 amide bonds. The summed E-state index contributed by atoms with van der Waals surface area (Å²) in [5.74, 6) is 1.89. The van der Waals surface area contributed by atoms with E-state index in [1.807, 2.05) is 59.2 Å². The Balaban J connectivity index is 1.84. The van der Waals surface area contributed by atoms with Crippen molar-refractivity contribution in [2.45, 2.75) is 52.4 Å². The van der Waals surface area contributed by atoms with Crippen molar-refractivity contribution in [3.63, 3.8) is 0 Å². The minimum Gasteiger partial charge on any atom is -0.493 e. The van der Waals surface area contributed by atoms with E-state index in [1.54, 1.807) is 23.3 Å². The van der Waals surface area contributed by atoms with Gasteiger partial charge in [-0.05, 0) is 51.4 Å². The Morgan fingerprint density at radius 2 is 2.06 bits per heavy atom. The molecule has 0 radical (unpaired) electrons. The lowest BCUT2D eigenvalue weighted by atomic mass is 10.1. The molecule has 0 bridgehead atoms. The Labute approximate surface area is 193 Å². The molecule has 3 heterocycles. The zero-order valence-electron chi connectivity index (χ0n) is 19.7. The molecule has 1 atom stereocenters. The number of anilines is 1. The Morgan fingerprint density at radius 3 is 2.66 bits per heavy atom. The van der Waals surface area contributed by atoms with Crippen molar-refractivity contribution in [2.75, 3.05) is 25.7 Å². The standard InChI is InChI=1S/C24H31N3O4S/c1-14(2)31-20-10-16-18(11-19(20)29-7)30-12-17-21(23(28)26(6)24(3,4)5)25-22(27(16)17)15-8-9-32-13-15/h8-11,13-14,22,25H,12H2,1-7H3. The fourth-order valence-corrected chi connectivity index (χ4v) is 4.47. The quantitative estimate of drug-likeness (QED) is 0.713. The Kier molecular flexibility index (Phi) is 5.75. The number of amides is 1. The van der Waals surface area contributed by atoms with E-state index in [-0.39, 0.29) is 30.3 Å². The van der Waals surface area contributed by atoms with Crippen LogP contribution in [0.2, 0.25) is 0 Å². The number of carbonyl (C=O) groups excluding carboxylic acids is 1. The van der Waals surface area contributed by atoms with E-state index >= 15 is 0 Å². The first-order valence-electron chi connectivity index (χ1n) is 10.7. The van der Waals surface area contributed by atoms with Crippen molar-refractivity contribution < 1.29 is 19.0 Å². The van der Waals surface area contributed by atoms with Gasteiger partial charge in [-0.1, -0.05) is 0 Å². The third-order valence-corrected chi connectivity index (χ3v) is 6.44. The van der Waals surface area contributed by atoms with Crippen molar-refractivity contribution in [2.24, 2.45) is 0 Å². The van der Waals surface area contributed by atoms with Gasteiger partial charge in [0.2, 0.25) is 0 Å². The monoisotopic (exact) mass is 457 g/mol.